The number of carbonyl (C=O) groups is 1. The van der Waals surface area contributed by atoms with E-state index in [0.717, 1.165) is 25.9 Å². The molecule has 19 heavy (non-hydrogen) atoms. The maximum Gasteiger partial charge on any atom is 0.339 e. The summed E-state index contributed by atoms with van der Waals surface area (Å²) in [5, 5.41) is 12.2. The van der Waals surface area contributed by atoms with Crippen LogP contribution in [0.25, 0.3) is 0 Å². The predicted octanol–water partition coefficient (Wildman–Crippen LogP) is 1.72. The Bertz CT molecular complexity index is 445. The zero-order valence-electron chi connectivity index (χ0n) is 11.1. The lowest BCUT2D eigenvalue weighted by Crippen LogP contribution is -2.20. The van der Waals surface area contributed by atoms with E-state index in [0.29, 0.717) is 24.6 Å². The fourth-order valence-corrected chi connectivity index (χ4v) is 2.12. The van der Waals surface area contributed by atoms with Gasteiger partial charge in [0.25, 0.3) is 0 Å². The third-order valence-electron chi connectivity index (χ3n) is 3.10. The number of aromatic carboxylic acids is 1. The van der Waals surface area contributed by atoms with E-state index in [-0.39, 0.29) is 11.7 Å². The maximum absolute atomic E-state index is 11.1. The number of carboxylic acids is 1. The quantitative estimate of drug-likeness (QED) is 0.814. The minimum absolute atomic E-state index is 0.185. The van der Waals surface area contributed by atoms with Crippen molar-refractivity contribution >= 4 is 11.9 Å². The first-order valence-electron chi connectivity index (χ1n) is 6.65. The van der Waals surface area contributed by atoms with Crippen LogP contribution in [0.15, 0.2) is 6.20 Å². The Kier molecular flexibility index (Phi) is 4.68. The highest BCUT2D eigenvalue weighted by Gasteiger charge is 2.16. The number of rotatable bonds is 6. The molecule has 6 nitrogen and oxygen atoms in total. The van der Waals surface area contributed by atoms with E-state index < -0.39 is 5.97 Å². The highest BCUT2D eigenvalue weighted by atomic mass is 16.5. The first kappa shape index (κ1) is 13.7. The lowest BCUT2D eigenvalue weighted by molar-refractivity contribution is 0.0694. The molecule has 6 heteroatoms. The molecule has 2 rings (SSSR count). The van der Waals surface area contributed by atoms with Gasteiger partial charge in [0.1, 0.15) is 0 Å². The van der Waals surface area contributed by atoms with Gasteiger partial charge in [-0.05, 0) is 19.3 Å². The van der Waals surface area contributed by atoms with Crippen LogP contribution in [0.1, 0.15) is 42.2 Å². The van der Waals surface area contributed by atoms with Crippen molar-refractivity contribution in [2.24, 2.45) is 0 Å². The smallest absolute Gasteiger partial charge is 0.339 e. The van der Waals surface area contributed by atoms with E-state index in [4.69, 9.17) is 9.84 Å². The number of nitrogens with one attached hydrogen (secondary N) is 1. The fraction of sp³-hybridized carbons (Fsp3) is 0.615. The van der Waals surface area contributed by atoms with Gasteiger partial charge >= 0.3 is 5.97 Å². The standard InChI is InChI=1S/C13H19N3O3/c1-2-4-11-10(12(17)18)8-15-13(16-11)14-7-9-5-3-6-19-9/h8-9H,2-7H2,1H3,(H,17,18)(H,14,15,16). The number of carboxylic acid groups (broad SMARTS) is 1. The van der Waals surface area contributed by atoms with Gasteiger partial charge in [0, 0.05) is 19.3 Å². The second kappa shape index (κ2) is 6.47. The maximum atomic E-state index is 11.1. The minimum atomic E-state index is -0.978. The summed E-state index contributed by atoms with van der Waals surface area (Å²) in [6.45, 7) is 3.47. The third kappa shape index (κ3) is 3.64. The van der Waals surface area contributed by atoms with Crippen LogP contribution in [0, 0.1) is 0 Å². The van der Waals surface area contributed by atoms with Crippen LogP contribution in [0.3, 0.4) is 0 Å². The van der Waals surface area contributed by atoms with E-state index in [1.54, 1.807) is 0 Å². The summed E-state index contributed by atoms with van der Waals surface area (Å²) in [6.07, 6.45) is 5.20. The van der Waals surface area contributed by atoms with Crippen LogP contribution in [0.4, 0.5) is 5.95 Å². The normalized spacial score (nSPS) is 18.5. The van der Waals surface area contributed by atoms with Gasteiger partial charge in [0.15, 0.2) is 0 Å². The molecule has 2 heterocycles. The largest absolute Gasteiger partial charge is 0.478 e. The molecule has 1 atom stereocenters. The zero-order valence-corrected chi connectivity index (χ0v) is 11.1. The SMILES string of the molecule is CCCc1nc(NCC2CCCO2)ncc1C(=O)O. The van der Waals surface area contributed by atoms with Gasteiger partial charge in [0.2, 0.25) is 5.95 Å². The van der Waals surface area contributed by atoms with Gasteiger partial charge in [-0.2, -0.15) is 0 Å². The van der Waals surface area contributed by atoms with Gasteiger partial charge in [-0.15, -0.1) is 0 Å². The number of hydrogen-bond donors (Lipinski definition) is 2. The molecule has 0 saturated carbocycles. The highest BCUT2D eigenvalue weighted by Crippen LogP contribution is 2.14. The van der Waals surface area contributed by atoms with Crippen LogP contribution < -0.4 is 5.32 Å². The Hall–Kier alpha value is -1.69. The van der Waals surface area contributed by atoms with E-state index in [1.807, 2.05) is 6.92 Å². The number of aryl methyl sites for hydroxylation is 1. The van der Waals surface area contributed by atoms with Crippen LogP contribution in [-0.4, -0.2) is 40.3 Å². The monoisotopic (exact) mass is 265 g/mol. The first-order chi connectivity index (χ1) is 9.20. The molecule has 2 N–H and O–H groups in total. The minimum Gasteiger partial charge on any atom is -0.478 e. The Morgan fingerprint density at radius 3 is 3.11 bits per heavy atom. The van der Waals surface area contributed by atoms with E-state index in [2.05, 4.69) is 15.3 Å². The number of nitrogens with zero attached hydrogens (tertiary/aromatic N) is 2. The lowest BCUT2D eigenvalue weighted by Gasteiger charge is -2.12. The number of aromatic nitrogens is 2. The molecular formula is C13H19N3O3. The highest BCUT2D eigenvalue weighted by molar-refractivity contribution is 5.88. The van der Waals surface area contributed by atoms with Crippen molar-refractivity contribution in [3.8, 4) is 0 Å². The Morgan fingerprint density at radius 2 is 2.47 bits per heavy atom. The molecule has 0 bridgehead atoms. The molecular weight excluding hydrogens is 246 g/mol. The van der Waals surface area contributed by atoms with E-state index in [9.17, 15) is 4.79 Å². The molecule has 104 valence electrons. The van der Waals surface area contributed by atoms with Crippen LogP contribution in [-0.2, 0) is 11.2 Å². The van der Waals surface area contributed by atoms with Gasteiger partial charge < -0.3 is 15.2 Å². The molecule has 1 unspecified atom stereocenters. The zero-order chi connectivity index (χ0) is 13.7. The van der Waals surface area contributed by atoms with Crippen LogP contribution >= 0.6 is 0 Å². The fourth-order valence-electron chi connectivity index (χ4n) is 2.12. The summed E-state index contributed by atoms with van der Waals surface area (Å²) in [6, 6.07) is 0. The molecule has 0 aromatic carbocycles. The number of anilines is 1. The molecule has 1 aliphatic rings. The van der Waals surface area contributed by atoms with Crippen LogP contribution in [0.5, 0.6) is 0 Å². The Labute approximate surface area is 112 Å². The molecule has 1 fully saturated rings. The van der Waals surface area contributed by atoms with Crippen molar-refractivity contribution in [3.63, 3.8) is 0 Å². The van der Waals surface area contributed by atoms with E-state index in [1.165, 1.54) is 6.20 Å². The van der Waals surface area contributed by atoms with Crippen molar-refractivity contribution in [1.29, 1.82) is 0 Å². The molecule has 0 amide bonds. The Morgan fingerprint density at radius 1 is 1.63 bits per heavy atom. The Balaban J connectivity index is 2.04. The van der Waals surface area contributed by atoms with Crippen molar-refractivity contribution in [3.05, 3.63) is 17.5 Å². The van der Waals surface area contributed by atoms with Gasteiger partial charge in [-0.3, -0.25) is 0 Å². The summed E-state index contributed by atoms with van der Waals surface area (Å²) in [5.74, 6) is -0.502. The number of hydrogen-bond acceptors (Lipinski definition) is 5. The van der Waals surface area contributed by atoms with Crippen molar-refractivity contribution in [2.45, 2.75) is 38.7 Å². The first-order valence-corrected chi connectivity index (χ1v) is 6.65. The average Bonchev–Trinajstić information content (AvgIpc) is 2.90. The van der Waals surface area contributed by atoms with Gasteiger partial charge in [-0.25, -0.2) is 14.8 Å². The van der Waals surface area contributed by atoms with Crippen molar-refractivity contribution < 1.29 is 14.6 Å². The average molecular weight is 265 g/mol. The van der Waals surface area contributed by atoms with E-state index >= 15 is 0 Å². The second-order valence-corrected chi connectivity index (χ2v) is 4.63. The number of ether oxygens (including phenoxy) is 1. The summed E-state index contributed by atoms with van der Waals surface area (Å²) < 4.78 is 5.50. The molecule has 1 aromatic rings. The predicted molar refractivity (Wildman–Crippen MR) is 70.5 cm³/mol. The third-order valence-corrected chi connectivity index (χ3v) is 3.10. The molecule has 1 aliphatic heterocycles. The lowest BCUT2D eigenvalue weighted by atomic mass is 10.1. The summed E-state index contributed by atoms with van der Waals surface area (Å²) in [4.78, 5) is 19.4. The summed E-state index contributed by atoms with van der Waals surface area (Å²) >= 11 is 0. The van der Waals surface area contributed by atoms with Gasteiger partial charge in [0.05, 0.1) is 17.4 Å². The topological polar surface area (TPSA) is 84.3 Å². The molecule has 0 spiro atoms. The molecule has 0 radical (unpaired) electrons. The van der Waals surface area contributed by atoms with Crippen molar-refractivity contribution in [1.82, 2.24) is 9.97 Å². The van der Waals surface area contributed by atoms with Crippen LogP contribution in [0.2, 0.25) is 0 Å². The molecule has 1 saturated heterocycles. The summed E-state index contributed by atoms with van der Waals surface area (Å²) in [5.41, 5.74) is 0.768. The molecule has 0 aliphatic carbocycles. The van der Waals surface area contributed by atoms with Crippen molar-refractivity contribution in [2.75, 3.05) is 18.5 Å². The molecule has 1 aromatic heterocycles. The van der Waals surface area contributed by atoms with Gasteiger partial charge in [-0.1, -0.05) is 13.3 Å². The second-order valence-electron chi connectivity index (χ2n) is 4.63. The summed E-state index contributed by atoms with van der Waals surface area (Å²) in [7, 11) is 0.